The third kappa shape index (κ3) is 2.15. The van der Waals surface area contributed by atoms with Gasteiger partial charge in [0.25, 0.3) is 5.91 Å². The maximum absolute atomic E-state index is 13.4. The average molecular weight is 257 g/mol. The monoisotopic (exact) mass is 257 g/mol. The Labute approximate surface area is 107 Å². The lowest BCUT2D eigenvalue weighted by Crippen LogP contribution is -2.13. The van der Waals surface area contributed by atoms with Gasteiger partial charge in [-0.1, -0.05) is 12.1 Å². The van der Waals surface area contributed by atoms with Crippen molar-refractivity contribution in [3.8, 4) is 0 Å². The minimum Gasteiger partial charge on any atom is -0.322 e. The zero-order chi connectivity index (χ0) is 13.2. The molecule has 0 aliphatic rings. The van der Waals surface area contributed by atoms with Gasteiger partial charge in [-0.25, -0.2) is 9.02 Å². The summed E-state index contributed by atoms with van der Waals surface area (Å²) in [5.41, 5.74) is 1.59. The highest BCUT2D eigenvalue weighted by Crippen LogP contribution is 2.17. The summed E-state index contributed by atoms with van der Waals surface area (Å²) in [6, 6.07) is 10.7. The fourth-order valence-corrected chi connectivity index (χ4v) is 1.70. The molecular formula is C13H8FN3O2. The number of benzene rings is 2. The molecule has 1 amide bonds. The lowest BCUT2D eigenvalue weighted by Gasteiger charge is -2.05. The highest BCUT2D eigenvalue weighted by molar-refractivity contribution is 6.05. The van der Waals surface area contributed by atoms with E-state index in [0.29, 0.717) is 16.7 Å². The molecule has 5 nitrogen and oxygen atoms in total. The second kappa shape index (κ2) is 4.49. The third-order valence-electron chi connectivity index (χ3n) is 2.63. The zero-order valence-corrected chi connectivity index (χ0v) is 9.63. The number of anilines is 1. The minimum absolute atomic E-state index is 0.0131. The predicted octanol–water partition coefficient (Wildman–Crippen LogP) is 2.61. The summed E-state index contributed by atoms with van der Waals surface area (Å²) < 4.78 is 18.0. The molecule has 94 valence electrons. The summed E-state index contributed by atoms with van der Waals surface area (Å²) in [5.74, 6) is -1.09. The molecule has 2 aromatic carbocycles. The number of carbonyl (C=O) groups is 1. The van der Waals surface area contributed by atoms with Crippen LogP contribution >= 0.6 is 0 Å². The van der Waals surface area contributed by atoms with Crippen LogP contribution in [-0.2, 0) is 0 Å². The molecule has 0 bridgehead atoms. The molecule has 1 heterocycles. The van der Waals surface area contributed by atoms with Gasteiger partial charge in [-0.05, 0) is 40.6 Å². The van der Waals surface area contributed by atoms with Crippen LogP contribution in [0.2, 0.25) is 0 Å². The van der Waals surface area contributed by atoms with Crippen LogP contribution in [0.4, 0.5) is 10.1 Å². The van der Waals surface area contributed by atoms with Crippen molar-refractivity contribution >= 4 is 22.6 Å². The molecule has 6 heteroatoms. The fraction of sp³-hybridized carbons (Fsp3) is 0. The van der Waals surface area contributed by atoms with E-state index in [1.165, 1.54) is 18.2 Å². The Hall–Kier alpha value is -2.76. The van der Waals surface area contributed by atoms with Crippen LogP contribution in [0.3, 0.4) is 0 Å². The molecule has 0 fully saturated rings. The number of carbonyl (C=O) groups excluding carboxylic acids is 1. The first-order valence-corrected chi connectivity index (χ1v) is 5.52. The molecule has 3 aromatic rings. The van der Waals surface area contributed by atoms with E-state index in [2.05, 4.69) is 20.3 Å². The van der Waals surface area contributed by atoms with Crippen LogP contribution in [0.15, 0.2) is 47.1 Å². The van der Waals surface area contributed by atoms with E-state index < -0.39 is 11.7 Å². The molecular weight excluding hydrogens is 249 g/mol. The first kappa shape index (κ1) is 11.3. The zero-order valence-electron chi connectivity index (χ0n) is 9.63. The summed E-state index contributed by atoms with van der Waals surface area (Å²) in [7, 11) is 0. The number of amides is 1. The highest BCUT2D eigenvalue weighted by Gasteiger charge is 2.11. The van der Waals surface area contributed by atoms with Crippen molar-refractivity contribution < 1.29 is 13.8 Å². The van der Waals surface area contributed by atoms with Gasteiger partial charge in [-0.15, -0.1) is 0 Å². The Bertz CT molecular complexity index is 754. The molecule has 0 aliphatic heterocycles. The van der Waals surface area contributed by atoms with Crippen LogP contribution in [0.1, 0.15) is 10.4 Å². The Kier molecular flexibility index (Phi) is 2.68. The van der Waals surface area contributed by atoms with Crippen molar-refractivity contribution in [3.05, 3.63) is 53.8 Å². The molecule has 0 unspecified atom stereocenters. The predicted molar refractivity (Wildman–Crippen MR) is 66.2 cm³/mol. The van der Waals surface area contributed by atoms with Gasteiger partial charge in [0.2, 0.25) is 0 Å². The summed E-state index contributed by atoms with van der Waals surface area (Å²) in [6.07, 6.45) is 0. The number of halogens is 1. The van der Waals surface area contributed by atoms with Crippen molar-refractivity contribution in [2.24, 2.45) is 0 Å². The second-order valence-corrected chi connectivity index (χ2v) is 3.90. The van der Waals surface area contributed by atoms with E-state index >= 15 is 0 Å². The fourth-order valence-electron chi connectivity index (χ4n) is 1.70. The molecule has 0 saturated heterocycles. The molecule has 0 saturated carbocycles. The van der Waals surface area contributed by atoms with Crippen molar-refractivity contribution in [1.82, 2.24) is 10.3 Å². The number of hydrogen-bond donors (Lipinski definition) is 1. The lowest BCUT2D eigenvalue weighted by atomic mass is 10.2. The van der Waals surface area contributed by atoms with Gasteiger partial charge in [-0.3, -0.25) is 4.79 Å². The smallest absolute Gasteiger partial charge is 0.258 e. The molecule has 3 rings (SSSR count). The van der Waals surface area contributed by atoms with Gasteiger partial charge in [0, 0.05) is 5.69 Å². The summed E-state index contributed by atoms with van der Waals surface area (Å²) in [5, 5.41) is 9.91. The van der Waals surface area contributed by atoms with Gasteiger partial charge in [0.1, 0.15) is 16.9 Å². The molecule has 0 spiro atoms. The number of hydrogen-bond acceptors (Lipinski definition) is 4. The van der Waals surface area contributed by atoms with Crippen molar-refractivity contribution in [2.75, 3.05) is 5.32 Å². The normalized spacial score (nSPS) is 10.6. The average Bonchev–Trinajstić information content (AvgIpc) is 2.86. The van der Waals surface area contributed by atoms with Crippen LogP contribution < -0.4 is 5.32 Å². The highest BCUT2D eigenvalue weighted by atomic mass is 19.1. The maximum Gasteiger partial charge on any atom is 0.258 e. The quantitative estimate of drug-likeness (QED) is 0.766. The van der Waals surface area contributed by atoms with Gasteiger partial charge in [0.05, 0.1) is 5.56 Å². The van der Waals surface area contributed by atoms with E-state index in [4.69, 9.17) is 0 Å². The van der Waals surface area contributed by atoms with Crippen LogP contribution in [0.25, 0.3) is 11.0 Å². The van der Waals surface area contributed by atoms with E-state index in [0.717, 1.165) is 0 Å². The SMILES string of the molecule is O=C(Nc1ccc2nonc2c1)c1ccccc1F. The van der Waals surface area contributed by atoms with Gasteiger partial charge >= 0.3 is 0 Å². The van der Waals surface area contributed by atoms with Crippen LogP contribution in [-0.4, -0.2) is 16.2 Å². The molecule has 0 aliphatic carbocycles. The summed E-state index contributed by atoms with van der Waals surface area (Å²) in [4.78, 5) is 11.9. The molecule has 1 aromatic heterocycles. The Morgan fingerprint density at radius 1 is 1.11 bits per heavy atom. The first-order chi connectivity index (χ1) is 9.24. The summed E-state index contributed by atoms with van der Waals surface area (Å²) in [6.45, 7) is 0. The molecule has 0 radical (unpaired) electrons. The van der Waals surface area contributed by atoms with Crippen LogP contribution in [0, 0.1) is 5.82 Å². The number of nitrogens with zero attached hydrogens (tertiary/aromatic N) is 2. The van der Waals surface area contributed by atoms with E-state index in [-0.39, 0.29) is 5.56 Å². The number of aromatic nitrogens is 2. The largest absolute Gasteiger partial charge is 0.322 e. The van der Waals surface area contributed by atoms with Gasteiger partial charge in [0.15, 0.2) is 0 Å². The van der Waals surface area contributed by atoms with Crippen molar-refractivity contribution in [1.29, 1.82) is 0 Å². The minimum atomic E-state index is -0.566. The van der Waals surface area contributed by atoms with Gasteiger partial charge < -0.3 is 5.32 Å². The Morgan fingerprint density at radius 2 is 1.89 bits per heavy atom. The van der Waals surface area contributed by atoms with E-state index in [9.17, 15) is 9.18 Å². The maximum atomic E-state index is 13.4. The number of fused-ring (bicyclic) bond motifs is 1. The van der Waals surface area contributed by atoms with Crippen molar-refractivity contribution in [2.45, 2.75) is 0 Å². The third-order valence-corrected chi connectivity index (χ3v) is 2.63. The van der Waals surface area contributed by atoms with E-state index in [1.54, 1.807) is 24.3 Å². The Morgan fingerprint density at radius 3 is 2.74 bits per heavy atom. The van der Waals surface area contributed by atoms with Gasteiger partial charge in [-0.2, -0.15) is 0 Å². The van der Waals surface area contributed by atoms with E-state index in [1.807, 2.05) is 0 Å². The molecule has 0 atom stereocenters. The lowest BCUT2D eigenvalue weighted by molar-refractivity contribution is 0.102. The number of rotatable bonds is 2. The van der Waals surface area contributed by atoms with Crippen molar-refractivity contribution in [3.63, 3.8) is 0 Å². The molecule has 1 N–H and O–H groups in total. The first-order valence-electron chi connectivity index (χ1n) is 5.52. The second-order valence-electron chi connectivity index (χ2n) is 3.90. The molecule has 19 heavy (non-hydrogen) atoms. The Balaban J connectivity index is 1.88. The number of nitrogens with one attached hydrogen (secondary N) is 1. The standard InChI is InChI=1S/C13H8FN3O2/c14-10-4-2-1-3-9(10)13(18)15-8-5-6-11-12(7-8)17-19-16-11/h1-7H,(H,15,18). The topological polar surface area (TPSA) is 68.0 Å². The summed E-state index contributed by atoms with van der Waals surface area (Å²) >= 11 is 0. The van der Waals surface area contributed by atoms with Crippen LogP contribution in [0.5, 0.6) is 0 Å².